The van der Waals surface area contributed by atoms with Crippen LogP contribution in [0.1, 0.15) is 39.4 Å². The third-order valence-electron chi connectivity index (χ3n) is 5.60. The fourth-order valence-electron chi connectivity index (χ4n) is 3.91. The van der Waals surface area contributed by atoms with Gasteiger partial charge >= 0.3 is 0 Å². The maximum atomic E-state index is 14.0. The first-order valence-electron chi connectivity index (χ1n) is 10.7. The average molecular weight is 466 g/mol. The van der Waals surface area contributed by atoms with E-state index in [0.29, 0.717) is 22.2 Å². The van der Waals surface area contributed by atoms with Gasteiger partial charge in [-0.1, -0.05) is 23.7 Å². The molecular weight excluding hydrogens is 445 g/mol. The van der Waals surface area contributed by atoms with Gasteiger partial charge in [0.15, 0.2) is 11.6 Å². The molecule has 0 atom stereocenters. The van der Waals surface area contributed by atoms with E-state index in [1.807, 2.05) is 6.07 Å². The molecule has 2 aromatic heterocycles. The van der Waals surface area contributed by atoms with E-state index in [9.17, 15) is 9.18 Å². The van der Waals surface area contributed by atoms with Crippen LogP contribution < -0.4 is 10.1 Å². The molecule has 2 heterocycles. The topological polar surface area (TPSA) is 69.3 Å². The van der Waals surface area contributed by atoms with Gasteiger partial charge in [0, 0.05) is 22.8 Å². The van der Waals surface area contributed by atoms with Gasteiger partial charge in [-0.25, -0.2) is 4.39 Å². The van der Waals surface area contributed by atoms with Gasteiger partial charge in [0.25, 0.3) is 5.91 Å². The summed E-state index contributed by atoms with van der Waals surface area (Å²) in [5.74, 6) is 0.953. The fourth-order valence-corrected chi connectivity index (χ4v) is 4.13. The number of carbonyl (C=O) groups excluding carboxylic acids is 1. The number of aromatic nitrogens is 2. The number of fused-ring (bicyclic) bond motifs is 1. The van der Waals surface area contributed by atoms with Crippen molar-refractivity contribution in [3.8, 4) is 5.75 Å². The smallest absolute Gasteiger partial charge is 0.292 e. The SMILES string of the molecule is O=C(Nc1ccn(Cc2c(F)cccc2Cl)n1)c1ccc(COc2ccc3c(c2)CCC3)o1. The third kappa shape index (κ3) is 4.78. The number of benzene rings is 2. The lowest BCUT2D eigenvalue weighted by Gasteiger charge is -2.07. The van der Waals surface area contributed by atoms with Crippen LogP contribution in [0.2, 0.25) is 5.02 Å². The van der Waals surface area contributed by atoms with Crippen LogP contribution in [0.3, 0.4) is 0 Å². The largest absolute Gasteiger partial charge is 0.486 e. The summed E-state index contributed by atoms with van der Waals surface area (Å²) in [7, 11) is 0. The summed E-state index contributed by atoms with van der Waals surface area (Å²) in [6, 6.07) is 15.6. The predicted molar refractivity (Wildman–Crippen MR) is 122 cm³/mol. The molecule has 6 nitrogen and oxygen atoms in total. The predicted octanol–water partition coefficient (Wildman–Crippen LogP) is 5.64. The Bertz CT molecular complexity index is 1290. The summed E-state index contributed by atoms with van der Waals surface area (Å²) in [4.78, 5) is 12.5. The minimum Gasteiger partial charge on any atom is -0.486 e. The lowest BCUT2D eigenvalue weighted by Crippen LogP contribution is -2.12. The molecule has 0 radical (unpaired) electrons. The first kappa shape index (κ1) is 21.3. The number of furan rings is 1. The van der Waals surface area contributed by atoms with Crippen LogP contribution in [0.5, 0.6) is 5.75 Å². The van der Waals surface area contributed by atoms with E-state index in [4.69, 9.17) is 20.8 Å². The van der Waals surface area contributed by atoms with Gasteiger partial charge in [0.1, 0.15) is 23.9 Å². The molecule has 5 rings (SSSR count). The van der Waals surface area contributed by atoms with Gasteiger partial charge in [-0.3, -0.25) is 9.48 Å². The zero-order chi connectivity index (χ0) is 22.8. The van der Waals surface area contributed by atoms with Crippen LogP contribution in [0.4, 0.5) is 10.2 Å². The molecule has 0 fully saturated rings. The number of hydrogen-bond donors (Lipinski definition) is 1. The Labute approximate surface area is 194 Å². The molecule has 1 aliphatic rings. The van der Waals surface area contributed by atoms with Crippen molar-refractivity contribution in [3.05, 3.63) is 99.8 Å². The molecule has 1 amide bonds. The van der Waals surface area contributed by atoms with E-state index in [1.54, 1.807) is 36.5 Å². The zero-order valence-electron chi connectivity index (χ0n) is 17.7. The number of rotatable bonds is 7. The van der Waals surface area contributed by atoms with Crippen molar-refractivity contribution in [1.29, 1.82) is 0 Å². The van der Waals surface area contributed by atoms with Crippen molar-refractivity contribution < 1.29 is 18.3 Å². The minimum atomic E-state index is -0.437. The highest BCUT2D eigenvalue weighted by molar-refractivity contribution is 6.31. The molecule has 0 aliphatic heterocycles. The molecule has 8 heteroatoms. The molecular formula is C25H21ClFN3O3. The number of nitrogens with one attached hydrogen (secondary N) is 1. The van der Waals surface area contributed by atoms with E-state index in [-0.39, 0.29) is 18.9 Å². The highest BCUT2D eigenvalue weighted by atomic mass is 35.5. The number of anilines is 1. The quantitative estimate of drug-likeness (QED) is 0.383. The van der Waals surface area contributed by atoms with E-state index in [1.165, 1.54) is 28.3 Å². The third-order valence-corrected chi connectivity index (χ3v) is 5.95. The van der Waals surface area contributed by atoms with Crippen LogP contribution in [-0.4, -0.2) is 15.7 Å². The van der Waals surface area contributed by atoms with Gasteiger partial charge < -0.3 is 14.5 Å². The highest BCUT2D eigenvalue weighted by Gasteiger charge is 2.15. The maximum absolute atomic E-state index is 14.0. The standard InChI is InChI=1S/C25H21ClFN3O3/c26-21-5-2-6-22(27)20(21)14-30-12-11-24(29-30)28-25(31)23-10-9-19(33-23)15-32-18-8-7-16-3-1-4-17(16)13-18/h2,5-13H,1,3-4,14-15H2,(H,28,29,31). The normalized spacial score (nSPS) is 12.5. The van der Waals surface area contributed by atoms with Gasteiger partial charge in [-0.2, -0.15) is 5.10 Å². The molecule has 0 unspecified atom stereocenters. The van der Waals surface area contributed by atoms with Crippen molar-refractivity contribution in [2.75, 3.05) is 5.32 Å². The van der Waals surface area contributed by atoms with E-state index in [0.717, 1.165) is 18.6 Å². The van der Waals surface area contributed by atoms with Crippen LogP contribution in [-0.2, 0) is 26.0 Å². The number of halogens is 2. The Morgan fingerprint density at radius 2 is 2.03 bits per heavy atom. The number of hydrogen-bond acceptors (Lipinski definition) is 4. The molecule has 0 spiro atoms. The Kier molecular flexibility index (Phi) is 5.88. The number of aryl methyl sites for hydroxylation is 2. The maximum Gasteiger partial charge on any atom is 0.292 e. The number of nitrogens with zero attached hydrogens (tertiary/aromatic N) is 2. The molecule has 1 aliphatic carbocycles. The number of ether oxygens (including phenoxy) is 1. The highest BCUT2D eigenvalue weighted by Crippen LogP contribution is 2.26. The van der Waals surface area contributed by atoms with Crippen molar-refractivity contribution in [2.24, 2.45) is 0 Å². The Morgan fingerprint density at radius 3 is 2.91 bits per heavy atom. The Hall–Kier alpha value is -3.58. The van der Waals surface area contributed by atoms with Crippen LogP contribution in [0.15, 0.2) is 65.2 Å². The summed E-state index contributed by atoms with van der Waals surface area (Å²) in [5, 5.41) is 7.26. The Balaban J connectivity index is 1.18. The number of amides is 1. The van der Waals surface area contributed by atoms with Gasteiger partial charge in [-0.15, -0.1) is 0 Å². The van der Waals surface area contributed by atoms with Crippen LogP contribution in [0.25, 0.3) is 0 Å². The average Bonchev–Trinajstić information content (AvgIpc) is 3.55. The van der Waals surface area contributed by atoms with E-state index in [2.05, 4.69) is 22.5 Å². The summed E-state index contributed by atoms with van der Waals surface area (Å²) >= 11 is 6.07. The molecule has 1 N–H and O–H groups in total. The van der Waals surface area contributed by atoms with Crippen LogP contribution >= 0.6 is 11.6 Å². The van der Waals surface area contributed by atoms with Gasteiger partial charge in [0.2, 0.25) is 0 Å². The Morgan fingerprint density at radius 1 is 1.15 bits per heavy atom. The molecule has 0 bridgehead atoms. The molecule has 0 saturated carbocycles. The van der Waals surface area contributed by atoms with Crippen LogP contribution in [0, 0.1) is 5.82 Å². The molecule has 4 aromatic rings. The second-order valence-electron chi connectivity index (χ2n) is 7.89. The van der Waals surface area contributed by atoms with Crippen molar-refractivity contribution in [2.45, 2.75) is 32.4 Å². The summed E-state index contributed by atoms with van der Waals surface area (Å²) < 4.78 is 26.9. The zero-order valence-corrected chi connectivity index (χ0v) is 18.4. The summed E-state index contributed by atoms with van der Waals surface area (Å²) in [5.41, 5.74) is 3.06. The first-order chi connectivity index (χ1) is 16.0. The molecule has 0 saturated heterocycles. The monoisotopic (exact) mass is 465 g/mol. The van der Waals surface area contributed by atoms with Crippen molar-refractivity contribution >= 4 is 23.3 Å². The summed E-state index contributed by atoms with van der Waals surface area (Å²) in [6.45, 7) is 0.371. The van der Waals surface area contributed by atoms with E-state index < -0.39 is 11.7 Å². The first-order valence-corrected chi connectivity index (χ1v) is 11.0. The van der Waals surface area contributed by atoms with Crippen molar-refractivity contribution in [3.63, 3.8) is 0 Å². The van der Waals surface area contributed by atoms with Gasteiger partial charge in [-0.05, 0) is 66.8 Å². The molecule has 168 valence electrons. The minimum absolute atomic E-state index is 0.145. The number of carbonyl (C=O) groups is 1. The van der Waals surface area contributed by atoms with Crippen molar-refractivity contribution in [1.82, 2.24) is 9.78 Å². The van der Waals surface area contributed by atoms with Gasteiger partial charge in [0.05, 0.1) is 6.54 Å². The fraction of sp³-hybridized carbons (Fsp3) is 0.200. The second kappa shape index (κ2) is 9.11. The summed E-state index contributed by atoms with van der Waals surface area (Å²) in [6.07, 6.45) is 5.03. The lowest BCUT2D eigenvalue weighted by atomic mass is 10.1. The lowest BCUT2D eigenvalue weighted by molar-refractivity contribution is 0.0992. The molecule has 2 aromatic carbocycles. The second-order valence-corrected chi connectivity index (χ2v) is 8.30. The molecule has 33 heavy (non-hydrogen) atoms. The van der Waals surface area contributed by atoms with E-state index >= 15 is 0 Å².